The first-order chi connectivity index (χ1) is 11.7. The summed E-state index contributed by atoms with van der Waals surface area (Å²) >= 11 is 0. The monoisotopic (exact) mass is 325 g/mol. The first-order valence-electron chi connectivity index (χ1n) is 7.83. The van der Waals surface area contributed by atoms with Gasteiger partial charge >= 0.3 is 0 Å². The number of rotatable bonds is 6. The molecule has 24 heavy (non-hydrogen) atoms. The molecule has 1 aliphatic rings. The first-order valence-corrected chi connectivity index (χ1v) is 7.83. The third-order valence-corrected chi connectivity index (χ3v) is 3.98. The molecule has 3 rings (SSSR count). The molecule has 1 aliphatic heterocycles. The number of imide groups is 1. The molecule has 1 aromatic carbocycles. The molecule has 0 bridgehead atoms. The standard InChI is InChI=1S/C18H19N3O3/c1-24-15-7-5-14(6-8-15)21-17(22)12-16(18(21)23)20-11-9-13-4-2-3-10-19-13/h2-8,10,16,20H,9,11-12H2,1H3/t16-/m1/s1. The number of benzene rings is 1. The number of carbonyl (C=O) groups is 2. The van der Waals surface area contributed by atoms with Crippen LogP contribution in [0.2, 0.25) is 0 Å². The third kappa shape index (κ3) is 3.44. The SMILES string of the molecule is COc1ccc(N2C(=O)C[C@@H](NCCc3ccccn3)C2=O)cc1. The van der Waals surface area contributed by atoms with E-state index in [1.165, 1.54) is 4.90 Å². The molecule has 124 valence electrons. The van der Waals surface area contributed by atoms with Gasteiger partial charge in [-0.3, -0.25) is 14.6 Å². The fraction of sp³-hybridized carbons (Fsp3) is 0.278. The van der Waals surface area contributed by atoms with E-state index in [0.717, 1.165) is 5.69 Å². The second-order valence-electron chi connectivity index (χ2n) is 5.55. The highest BCUT2D eigenvalue weighted by Gasteiger charge is 2.39. The van der Waals surface area contributed by atoms with Gasteiger partial charge in [-0.15, -0.1) is 0 Å². The molecule has 0 aliphatic carbocycles. The number of pyridine rings is 1. The quantitative estimate of drug-likeness (QED) is 0.816. The van der Waals surface area contributed by atoms with Crippen LogP contribution in [-0.2, 0) is 16.0 Å². The van der Waals surface area contributed by atoms with Crippen molar-refractivity contribution in [1.82, 2.24) is 10.3 Å². The van der Waals surface area contributed by atoms with E-state index in [1.54, 1.807) is 37.6 Å². The zero-order chi connectivity index (χ0) is 16.9. The fourth-order valence-electron chi connectivity index (χ4n) is 2.71. The van der Waals surface area contributed by atoms with Crippen LogP contribution < -0.4 is 15.0 Å². The molecule has 6 nitrogen and oxygen atoms in total. The molecule has 1 aromatic heterocycles. The molecule has 6 heteroatoms. The molecule has 0 unspecified atom stereocenters. The minimum Gasteiger partial charge on any atom is -0.497 e. The van der Waals surface area contributed by atoms with E-state index in [9.17, 15) is 9.59 Å². The Morgan fingerprint density at radius 1 is 1.21 bits per heavy atom. The molecule has 1 fully saturated rings. The maximum Gasteiger partial charge on any atom is 0.251 e. The van der Waals surface area contributed by atoms with Gasteiger partial charge in [0.05, 0.1) is 25.3 Å². The van der Waals surface area contributed by atoms with E-state index < -0.39 is 6.04 Å². The van der Waals surface area contributed by atoms with Crippen molar-refractivity contribution in [3.63, 3.8) is 0 Å². The van der Waals surface area contributed by atoms with Crippen molar-refractivity contribution < 1.29 is 14.3 Å². The molecular weight excluding hydrogens is 306 g/mol. The second kappa shape index (κ2) is 7.23. The minimum atomic E-state index is -0.483. The highest BCUT2D eigenvalue weighted by atomic mass is 16.5. The summed E-state index contributed by atoms with van der Waals surface area (Å²) in [5.41, 5.74) is 1.52. The Hall–Kier alpha value is -2.73. The summed E-state index contributed by atoms with van der Waals surface area (Å²) in [7, 11) is 1.57. The Morgan fingerprint density at radius 2 is 2.00 bits per heavy atom. The van der Waals surface area contributed by atoms with E-state index in [2.05, 4.69) is 10.3 Å². The molecule has 0 saturated carbocycles. The minimum absolute atomic E-state index is 0.174. The predicted molar refractivity (Wildman–Crippen MR) is 89.8 cm³/mol. The van der Waals surface area contributed by atoms with Gasteiger partial charge < -0.3 is 10.1 Å². The zero-order valence-corrected chi connectivity index (χ0v) is 13.4. The van der Waals surface area contributed by atoms with Crippen molar-refractivity contribution >= 4 is 17.5 Å². The fourth-order valence-corrected chi connectivity index (χ4v) is 2.71. The number of anilines is 1. The molecule has 0 spiro atoms. The molecule has 0 radical (unpaired) electrons. The summed E-state index contributed by atoms with van der Waals surface area (Å²) in [4.78, 5) is 30.2. The zero-order valence-electron chi connectivity index (χ0n) is 13.4. The van der Waals surface area contributed by atoms with Gasteiger partial charge in [0.25, 0.3) is 5.91 Å². The maximum atomic E-state index is 12.5. The van der Waals surface area contributed by atoms with Gasteiger partial charge in [0.1, 0.15) is 5.75 Å². The van der Waals surface area contributed by atoms with E-state index in [1.807, 2.05) is 18.2 Å². The van der Waals surface area contributed by atoms with Gasteiger partial charge in [-0.25, -0.2) is 4.90 Å². The van der Waals surface area contributed by atoms with Gasteiger partial charge in [-0.2, -0.15) is 0 Å². The highest BCUT2D eigenvalue weighted by molar-refractivity contribution is 6.22. The molecule has 2 aromatic rings. The van der Waals surface area contributed by atoms with Crippen molar-refractivity contribution in [1.29, 1.82) is 0 Å². The van der Waals surface area contributed by atoms with Crippen LogP contribution in [-0.4, -0.2) is 36.5 Å². The van der Waals surface area contributed by atoms with E-state index >= 15 is 0 Å². The Labute approximate surface area is 140 Å². The predicted octanol–water partition coefficient (Wildman–Crippen LogP) is 1.55. The molecule has 1 atom stereocenters. The largest absolute Gasteiger partial charge is 0.497 e. The van der Waals surface area contributed by atoms with Crippen LogP contribution in [0.5, 0.6) is 5.75 Å². The van der Waals surface area contributed by atoms with E-state index in [-0.39, 0.29) is 18.2 Å². The van der Waals surface area contributed by atoms with Crippen molar-refractivity contribution in [2.75, 3.05) is 18.6 Å². The van der Waals surface area contributed by atoms with Crippen LogP contribution in [0.3, 0.4) is 0 Å². The average molecular weight is 325 g/mol. The normalized spacial score (nSPS) is 17.4. The smallest absolute Gasteiger partial charge is 0.251 e. The average Bonchev–Trinajstić information content (AvgIpc) is 2.90. The lowest BCUT2D eigenvalue weighted by atomic mass is 10.2. The third-order valence-electron chi connectivity index (χ3n) is 3.98. The number of hydrogen-bond acceptors (Lipinski definition) is 5. The van der Waals surface area contributed by atoms with Gasteiger partial charge in [0.15, 0.2) is 0 Å². The Kier molecular flexibility index (Phi) is 4.86. The number of carbonyl (C=O) groups excluding carboxylic acids is 2. The summed E-state index contributed by atoms with van der Waals surface area (Å²) in [6.07, 6.45) is 2.62. The molecule has 1 N–H and O–H groups in total. The summed E-state index contributed by atoms with van der Waals surface area (Å²) in [6.45, 7) is 0.594. The lowest BCUT2D eigenvalue weighted by Crippen LogP contribution is -2.39. The van der Waals surface area contributed by atoms with Gasteiger partial charge in [0, 0.05) is 24.9 Å². The molecule has 2 heterocycles. The Morgan fingerprint density at radius 3 is 2.67 bits per heavy atom. The lowest BCUT2D eigenvalue weighted by molar-refractivity contribution is -0.121. The first kappa shape index (κ1) is 16.1. The highest BCUT2D eigenvalue weighted by Crippen LogP contribution is 2.25. The van der Waals surface area contributed by atoms with Gasteiger partial charge in [-0.05, 0) is 36.4 Å². The molecular formula is C18H19N3O3. The lowest BCUT2D eigenvalue weighted by Gasteiger charge is -2.16. The number of amides is 2. The van der Waals surface area contributed by atoms with Crippen LogP contribution in [0.1, 0.15) is 12.1 Å². The number of hydrogen-bond donors (Lipinski definition) is 1. The van der Waals surface area contributed by atoms with Crippen LogP contribution in [0.4, 0.5) is 5.69 Å². The topological polar surface area (TPSA) is 71.5 Å². The van der Waals surface area contributed by atoms with Gasteiger partial charge in [0.2, 0.25) is 5.91 Å². The van der Waals surface area contributed by atoms with Crippen molar-refractivity contribution in [3.05, 3.63) is 54.4 Å². The maximum absolute atomic E-state index is 12.5. The van der Waals surface area contributed by atoms with E-state index in [4.69, 9.17) is 4.74 Å². The molecule has 2 amide bonds. The number of aromatic nitrogens is 1. The Balaban J connectivity index is 1.61. The summed E-state index contributed by atoms with van der Waals surface area (Å²) in [5.74, 6) is 0.273. The number of ether oxygens (including phenoxy) is 1. The Bertz CT molecular complexity index is 716. The number of nitrogens with zero attached hydrogens (tertiary/aromatic N) is 2. The van der Waals surface area contributed by atoms with Crippen LogP contribution in [0.15, 0.2) is 48.7 Å². The van der Waals surface area contributed by atoms with Crippen molar-refractivity contribution in [3.8, 4) is 5.75 Å². The number of methoxy groups -OCH3 is 1. The van der Waals surface area contributed by atoms with Crippen LogP contribution in [0.25, 0.3) is 0 Å². The van der Waals surface area contributed by atoms with Crippen molar-refractivity contribution in [2.45, 2.75) is 18.9 Å². The summed E-state index contributed by atoms with van der Waals surface area (Å²) in [6, 6.07) is 12.1. The van der Waals surface area contributed by atoms with Crippen LogP contribution in [0, 0.1) is 0 Å². The second-order valence-corrected chi connectivity index (χ2v) is 5.55. The van der Waals surface area contributed by atoms with Crippen LogP contribution >= 0.6 is 0 Å². The number of nitrogens with one attached hydrogen (secondary N) is 1. The van der Waals surface area contributed by atoms with Crippen molar-refractivity contribution in [2.24, 2.45) is 0 Å². The van der Waals surface area contributed by atoms with E-state index in [0.29, 0.717) is 24.4 Å². The van der Waals surface area contributed by atoms with Gasteiger partial charge in [-0.1, -0.05) is 6.07 Å². The molecule has 1 saturated heterocycles. The summed E-state index contributed by atoms with van der Waals surface area (Å²) in [5, 5.41) is 3.16. The summed E-state index contributed by atoms with van der Waals surface area (Å²) < 4.78 is 5.10.